The maximum atomic E-state index is 12.4. The van der Waals surface area contributed by atoms with Crippen LogP contribution in [0.15, 0.2) is 16.7 Å². The molecule has 128 valence electrons. The molecule has 1 saturated carbocycles. The Labute approximate surface area is 141 Å². The van der Waals surface area contributed by atoms with Crippen LogP contribution in [0.1, 0.15) is 60.5 Å². The summed E-state index contributed by atoms with van der Waals surface area (Å²) >= 11 is 0. The van der Waals surface area contributed by atoms with Crippen molar-refractivity contribution in [3.63, 3.8) is 0 Å². The van der Waals surface area contributed by atoms with E-state index in [2.05, 4.69) is 25.8 Å². The topological polar surface area (TPSA) is 92.9 Å². The Bertz CT molecular complexity index is 705. The number of nitrogens with zero attached hydrogens (tertiary/aromatic N) is 3. The lowest BCUT2D eigenvalue weighted by Crippen LogP contribution is -2.22. The third kappa shape index (κ3) is 4.31. The number of aryl methyl sites for hydroxylation is 2. The fourth-order valence-electron chi connectivity index (χ4n) is 2.96. The van der Waals surface area contributed by atoms with Gasteiger partial charge in [-0.2, -0.15) is 0 Å². The van der Waals surface area contributed by atoms with E-state index in [0.29, 0.717) is 29.3 Å². The van der Waals surface area contributed by atoms with E-state index in [1.807, 2.05) is 6.92 Å². The molecular weight excluding hydrogens is 306 g/mol. The minimum Gasteiger partial charge on any atom is -0.360 e. The summed E-state index contributed by atoms with van der Waals surface area (Å²) in [5, 5.41) is 9.84. The van der Waals surface area contributed by atoms with Gasteiger partial charge in [-0.1, -0.05) is 30.8 Å². The predicted octanol–water partition coefficient (Wildman–Crippen LogP) is 3.47. The van der Waals surface area contributed by atoms with Crippen LogP contribution in [-0.2, 0) is 0 Å². The molecule has 2 N–H and O–H groups in total. The van der Waals surface area contributed by atoms with E-state index < -0.39 is 0 Å². The number of carbonyl (C=O) groups is 1. The zero-order valence-corrected chi connectivity index (χ0v) is 14.1. The van der Waals surface area contributed by atoms with Gasteiger partial charge in [0.1, 0.15) is 11.5 Å². The van der Waals surface area contributed by atoms with E-state index in [0.717, 1.165) is 18.5 Å². The van der Waals surface area contributed by atoms with Gasteiger partial charge in [0.05, 0.1) is 0 Å². The lowest BCUT2D eigenvalue weighted by molar-refractivity contribution is 0.102. The van der Waals surface area contributed by atoms with Crippen LogP contribution in [0.3, 0.4) is 0 Å². The van der Waals surface area contributed by atoms with E-state index in [9.17, 15) is 4.79 Å². The molecule has 0 bridgehead atoms. The van der Waals surface area contributed by atoms with Crippen LogP contribution in [0.25, 0.3) is 0 Å². The summed E-state index contributed by atoms with van der Waals surface area (Å²) in [6.07, 6.45) is 7.27. The van der Waals surface area contributed by atoms with Gasteiger partial charge in [-0.05, 0) is 32.8 Å². The quantitative estimate of drug-likeness (QED) is 0.834. The normalized spacial score (nSPS) is 15.8. The molecule has 1 aliphatic rings. The van der Waals surface area contributed by atoms with Gasteiger partial charge in [0.15, 0.2) is 5.82 Å². The molecule has 2 aromatic rings. The number of anilines is 2. The Balaban J connectivity index is 1.71. The van der Waals surface area contributed by atoms with Gasteiger partial charge in [0.25, 0.3) is 5.91 Å². The van der Waals surface area contributed by atoms with E-state index in [4.69, 9.17) is 4.52 Å². The van der Waals surface area contributed by atoms with Crippen LogP contribution in [0.2, 0.25) is 0 Å². The Kier molecular flexibility index (Phi) is 5.08. The molecule has 1 amide bonds. The number of hydrogen-bond acceptors (Lipinski definition) is 6. The fraction of sp³-hybridized carbons (Fsp3) is 0.529. The predicted molar refractivity (Wildman–Crippen MR) is 91.1 cm³/mol. The highest BCUT2D eigenvalue weighted by atomic mass is 16.5. The molecule has 0 aromatic carbocycles. The molecule has 1 aliphatic carbocycles. The second-order valence-corrected chi connectivity index (χ2v) is 6.33. The summed E-state index contributed by atoms with van der Waals surface area (Å²) in [7, 11) is 0. The van der Waals surface area contributed by atoms with Crippen LogP contribution >= 0.6 is 0 Å². The number of aromatic nitrogens is 3. The summed E-state index contributed by atoms with van der Waals surface area (Å²) in [5.41, 5.74) is 1.07. The van der Waals surface area contributed by atoms with Crippen molar-refractivity contribution in [2.24, 2.45) is 0 Å². The second kappa shape index (κ2) is 7.42. The molecule has 2 heterocycles. The Hall–Kier alpha value is -2.44. The molecule has 0 aliphatic heterocycles. The molecule has 7 heteroatoms. The molecule has 24 heavy (non-hydrogen) atoms. The highest BCUT2D eigenvalue weighted by Crippen LogP contribution is 2.20. The van der Waals surface area contributed by atoms with Crippen LogP contribution in [-0.4, -0.2) is 27.1 Å². The van der Waals surface area contributed by atoms with Gasteiger partial charge < -0.3 is 15.2 Å². The molecule has 3 rings (SSSR count). The van der Waals surface area contributed by atoms with E-state index in [1.165, 1.54) is 25.7 Å². The first-order chi connectivity index (χ1) is 11.6. The molecule has 2 aromatic heterocycles. The van der Waals surface area contributed by atoms with Crippen molar-refractivity contribution in [3.8, 4) is 0 Å². The zero-order valence-electron chi connectivity index (χ0n) is 14.1. The molecule has 0 radical (unpaired) electrons. The van der Waals surface area contributed by atoms with Gasteiger partial charge in [-0.3, -0.25) is 4.79 Å². The van der Waals surface area contributed by atoms with Crippen molar-refractivity contribution < 1.29 is 9.32 Å². The molecule has 0 unspecified atom stereocenters. The summed E-state index contributed by atoms with van der Waals surface area (Å²) < 4.78 is 4.95. The maximum Gasteiger partial charge on any atom is 0.275 e. The first kappa shape index (κ1) is 16.4. The van der Waals surface area contributed by atoms with Crippen molar-refractivity contribution in [2.45, 2.75) is 58.4 Å². The van der Waals surface area contributed by atoms with Gasteiger partial charge in [0.2, 0.25) is 5.95 Å². The van der Waals surface area contributed by atoms with Crippen molar-refractivity contribution in [1.29, 1.82) is 0 Å². The number of hydrogen-bond donors (Lipinski definition) is 2. The van der Waals surface area contributed by atoms with Crippen molar-refractivity contribution in [1.82, 2.24) is 15.1 Å². The van der Waals surface area contributed by atoms with Gasteiger partial charge in [0, 0.05) is 17.8 Å². The molecule has 0 spiro atoms. The van der Waals surface area contributed by atoms with Crippen molar-refractivity contribution >= 4 is 17.7 Å². The summed E-state index contributed by atoms with van der Waals surface area (Å²) in [4.78, 5) is 21.1. The van der Waals surface area contributed by atoms with Crippen molar-refractivity contribution in [3.05, 3.63) is 29.3 Å². The second-order valence-electron chi connectivity index (χ2n) is 6.33. The summed E-state index contributed by atoms with van der Waals surface area (Å²) in [6, 6.07) is 3.71. The average Bonchev–Trinajstić information content (AvgIpc) is 2.79. The summed E-state index contributed by atoms with van der Waals surface area (Å²) in [5.74, 6) is 1.22. The highest BCUT2D eigenvalue weighted by molar-refractivity contribution is 6.02. The molecular formula is C17H23N5O2. The maximum absolute atomic E-state index is 12.4. The molecule has 7 nitrogen and oxygen atoms in total. The van der Waals surface area contributed by atoms with Crippen LogP contribution in [0.5, 0.6) is 0 Å². The number of nitrogens with one attached hydrogen (secondary N) is 2. The lowest BCUT2D eigenvalue weighted by Gasteiger charge is -2.16. The van der Waals surface area contributed by atoms with Gasteiger partial charge in [-0.15, -0.1) is 0 Å². The van der Waals surface area contributed by atoms with E-state index in [-0.39, 0.29) is 5.91 Å². The third-order valence-electron chi connectivity index (χ3n) is 4.14. The number of rotatable bonds is 4. The lowest BCUT2D eigenvalue weighted by atomic mass is 10.1. The molecule has 0 atom stereocenters. The Morgan fingerprint density at radius 3 is 2.54 bits per heavy atom. The van der Waals surface area contributed by atoms with Crippen molar-refractivity contribution in [2.75, 3.05) is 10.6 Å². The first-order valence-corrected chi connectivity index (χ1v) is 8.47. The largest absolute Gasteiger partial charge is 0.360 e. The number of amides is 1. The van der Waals surface area contributed by atoms with Crippen LogP contribution in [0.4, 0.5) is 11.8 Å². The molecule has 1 fully saturated rings. The van der Waals surface area contributed by atoms with Crippen LogP contribution in [0, 0.1) is 13.8 Å². The third-order valence-corrected chi connectivity index (χ3v) is 4.14. The average molecular weight is 329 g/mol. The highest BCUT2D eigenvalue weighted by Gasteiger charge is 2.16. The smallest absolute Gasteiger partial charge is 0.275 e. The van der Waals surface area contributed by atoms with E-state index >= 15 is 0 Å². The SMILES string of the molecule is Cc1cc(C(=O)Nc2cc(C)on2)nc(NC2CCCCCC2)n1. The first-order valence-electron chi connectivity index (χ1n) is 8.47. The molecule has 0 saturated heterocycles. The van der Waals surface area contributed by atoms with Crippen LogP contribution < -0.4 is 10.6 Å². The zero-order chi connectivity index (χ0) is 16.9. The van der Waals surface area contributed by atoms with E-state index in [1.54, 1.807) is 19.1 Å². The number of carbonyl (C=O) groups excluding carboxylic acids is 1. The standard InChI is InChI=1S/C17H23N5O2/c1-11-9-14(16(23)21-15-10-12(2)24-22-15)20-17(18-11)19-13-7-5-3-4-6-8-13/h9-10,13H,3-8H2,1-2H3,(H,18,19,20)(H,21,22,23). The van der Waals surface area contributed by atoms with Gasteiger partial charge in [-0.25, -0.2) is 9.97 Å². The Morgan fingerprint density at radius 2 is 1.88 bits per heavy atom. The fourth-order valence-corrected chi connectivity index (χ4v) is 2.96. The van der Waals surface area contributed by atoms with Gasteiger partial charge >= 0.3 is 0 Å². The minimum atomic E-state index is -0.322. The Morgan fingerprint density at radius 1 is 1.12 bits per heavy atom. The minimum absolute atomic E-state index is 0.319. The summed E-state index contributed by atoms with van der Waals surface area (Å²) in [6.45, 7) is 3.63. The monoisotopic (exact) mass is 329 g/mol.